The van der Waals surface area contributed by atoms with E-state index in [1.54, 1.807) is 29.9 Å². The van der Waals surface area contributed by atoms with E-state index in [1.807, 2.05) is 12.1 Å². The Hall–Kier alpha value is -3.79. The summed E-state index contributed by atoms with van der Waals surface area (Å²) in [6.45, 7) is 0.802. The zero-order chi connectivity index (χ0) is 22.2. The van der Waals surface area contributed by atoms with Crippen molar-refractivity contribution in [1.82, 2.24) is 19.6 Å². The van der Waals surface area contributed by atoms with E-state index in [0.29, 0.717) is 11.3 Å². The lowest BCUT2D eigenvalue weighted by atomic mass is 10.0. The summed E-state index contributed by atoms with van der Waals surface area (Å²) in [7, 11) is 1.58. The minimum atomic E-state index is -0.862. The van der Waals surface area contributed by atoms with Crippen molar-refractivity contribution in [2.24, 2.45) is 5.10 Å². The summed E-state index contributed by atoms with van der Waals surface area (Å²) in [5.74, 6) is 0.0512. The van der Waals surface area contributed by atoms with Gasteiger partial charge in [-0.25, -0.2) is 13.9 Å². The fourth-order valence-corrected chi connectivity index (χ4v) is 4.08. The van der Waals surface area contributed by atoms with Crippen LogP contribution in [0.15, 0.2) is 60.0 Å². The van der Waals surface area contributed by atoms with Crippen LogP contribution in [0.25, 0.3) is 5.65 Å². The standard InChI is InChI=1S/C22H22FN7O2/c1-28-20(31)8-7-16(27-28)22(32)25-17-13-24-30-11-9-19(26-21(17)30)29-10-3-6-18(29)14-4-2-5-15(23)12-14/h2,4-5,7-9,11-13,18,20,31H,3,6,10H2,1H3,(H,25,32)/t18-,20?/m1/s1. The second-order valence-electron chi connectivity index (χ2n) is 7.80. The number of aromatic nitrogens is 3. The molecule has 164 valence electrons. The second kappa shape index (κ2) is 8.04. The Balaban J connectivity index is 1.42. The van der Waals surface area contributed by atoms with Crippen LogP contribution < -0.4 is 10.2 Å². The highest BCUT2D eigenvalue weighted by Crippen LogP contribution is 2.35. The molecular weight excluding hydrogens is 413 g/mol. The lowest BCUT2D eigenvalue weighted by Gasteiger charge is -2.26. The molecule has 5 rings (SSSR count). The number of rotatable bonds is 4. The summed E-state index contributed by atoms with van der Waals surface area (Å²) in [6.07, 6.45) is 7.29. The molecule has 0 bridgehead atoms. The first-order chi connectivity index (χ1) is 15.5. The molecule has 9 nitrogen and oxygen atoms in total. The molecule has 0 radical (unpaired) electrons. The number of benzene rings is 1. The van der Waals surface area contributed by atoms with E-state index >= 15 is 0 Å². The predicted octanol–water partition coefficient (Wildman–Crippen LogP) is 2.32. The zero-order valence-electron chi connectivity index (χ0n) is 17.4. The largest absolute Gasteiger partial charge is 0.369 e. The van der Waals surface area contributed by atoms with Gasteiger partial charge in [-0.05, 0) is 48.8 Å². The topological polar surface area (TPSA) is 98.4 Å². The summed E-state index contributed by atoms with van der Waals surface area (Å²) in [4.78, 5) is 19.6. The van der Waals surface area contributed by atoms with Gasteiger partial charge in [0.05, 0.1) is 12.2 Å². The highest BCUT2D eigenvalue weighted by atomic mass is 19.1. The van der Waals surface area contributed by atoms with Crippen LogP contribution in [0.4, 0.5) is 15.9 Å². The number of anilines is 2. The zero-order valence-corrected chi connectivity index (χ0v) is 17.4. The third kappa shape index (κ3) is 3.69. The van der Waals surface area contributed by atoms with Crippen molar-refractivity contribution in [3.05, 3.63) is 66.3 Å². The van der Waals surface area contributed by atoms with Gasteiger partial charge in [0.1, 0.15) is 23.0 Å². The molecule has 10 heteroatoms. The maximum Gasteiger partial charge on any atom is 0.276 e. The normalized spacial score (nSPS) is 20.7. The summed E-state index contributed by atoms with van der Waals surface area (Å²) in [6, 6.07) is 8.57. The number of likely N-dealkylation sites (N-methyl/N-ethyl adjacent to an activating group) is 1. The number of hydrazone groups is 1. The number of carbonyl (C=O) groups excluding carboxylic acids is 1. The van der Waals surface area contributed by atoms with Gasteiger partial charge in [0.25, 0.3) is 5.91 Å². The van der Waals surface area contributed by atoms with Crippen LogP contribution in [0.1, 0.15) is 24.4 Å². The Bertz CT molecular complexity index is 1240. The van der Waals surface area contributed by atoms with Gasteiger partial charge < -0.3 is 15.3 Å². The van der Waals surface area contributed by atoms with Gasteiger partial charge in [0, 0.05) is 19.8 Å². The molecule has 2 aromatic heterocycles. The van der Waals surface area contributed by atoms with E-state index in [-0.39, 0.29) is 17.6 Å². The van der Waals surface area contributed by atoms with Crippen molar-refractivity contribution in [2.75, 3.05) is 23.8 Å². The molecule has 2 aliphatic rings. The van der Waals surface area contributed by atoms with Crippen LogP contribution in [0, 0.1) is 5.82 Å². The molecule has 1 fully saturated rings. The van der Waals surface area contributed by atoms with E-state index in [4.69, 9.17) is 4.98 Å². The van der Waals surface area contributed by atoms with Gasteiger partial charge in [-0.2, -0.15) is 10.2 Å². The smallest absolute Gasteiger partial charge is 0.276 e. The third-order valence-corrected chi connectivity index (χ3v) is 5.69. The summed E-state index contributed by atoms with van der Waals surface area (Å²) >= 11 is 0. The number of carbonyl (C=O) groups is 1. The van der Waals surface area contributed by atoms with Crippen LogP contribution >= 0.6 is 0 Å². The van der Waals surface area contributed by atoms with Crippen molar-refractivity contribution in [1.29, 1.82) is 0 Å². The van der Waals surface area contributed by atoms with Crippen molar-refractivity contribution in [3.8, 4) is 0 Å². The molecule has 0 spiro atoms. The number of nitrogens with zero attached hydrogens (tertiary/aromatic N) is 6. The average molecular weight is 435 g/mol. The van der Waals surface area contributed by atoms with Crippen LogP contribution in [0.2, 0.25) is 0 Å². The van der Waals surface area contributed by atoms with Gasteiger partial charge >= 0.3 is 0 Å². The molecule has 32 heavy (non-hydrogen) atoms. The lowest BCUT2D eigenvalue weighted by molar-refractivity contribution is -0.110. The molecule has 0 saturated carbocycles. The van der Waals surface area contributed by atoms with Crippen molar-refractivity contribution >= 4 is 28.8 Å². The Morgan fingerprint density at radius 3 is 3.00 bits per heavy atom. The van der Waals surface area contributed by atoms with E-state index in [9.17, 15) is 14.3 Å². The minimum absolute atomic E-state index is 0.0327. The quantitative estimate of drug-likeness (QED) is 0.653. The maximum absolute atomic E-state index is 13.8. The maximum atomic E-state index is 13.8. The lowest BCUT2D eigenvalue weighted by Crippen LogP contribution is -2.33. The number of hydrogen-bond donors (Lipinski definition) is 2. The highest BCUT2D eigenvalue weighted by Gasteiger charge is 2.28. The van der Waals surface area contributed by atoms with Gasteiger partial charge in [0.15, 0.2) is 11.9 Å². The van der Waals surface area contributed by atoms with Gasteiger partial charge in [-0.3, -0.25) is 9.80 Å². The minimum Gasteiger partial charge on any atom is -0.369 e. The second-order valence-corrected chi connectivity index (χ2v) is 7.80. The fraction of sp³-hybridized carbons (Fsp3) is 0.273. The molecule has 4 heterocycles. The van der Waals surface area contributed by atoms with E-state index in [1.165, 1.54) is 29.4 Å². The first-order valence-electron chi connectivity index (χ1n) is 10.3. The van der Waals surface area contributed by atoms with Crippen LogP contribution in [0.5, 0.6) is 0 Å². The third-order valence-electron chi connectivity index (χ3n) is 5.69. The van der Waals surface area contributed by atoms with E-state index < -0.39 is 12.1 Å². The number of nitrogens with one attached hydrogen (secondary N) is 1. The molecule has 1 amide bonds. The molecule has 2 aliphatic heterocycles. The van der Waals surface area contributed by atoms with E-state index in [2.05, 4.69) is 20.4 Å². The number of aliphatic hydroxyl groups is 1. The summed E-state index contributed by atoms with van der Waals surface area (Å²) in [5, 5.41) is 22.1. The number of fused-ring (bicyclic) bond motifs is 1. The van der Waals surface area contributed by atoms with Gasteiger partial charge in [-0.15, -0.1) is 0 Å². The number of amides is 1. The Labute approximate surface area is 183 Å². The molecular formula is C22H22FN7O2. The molecule has 1 saturated heterocycles. The predicted molar refractivity (Wildman–Crippen MR) is 118 cm³/mol. The van der Waals surface area contributed by atoms with Gasteiger partial charge in [0.2, 0.25) is 0 Å². The summed E-state index contributed by atoms with van der Waals surface area (Å²) in [5.41, 5.74) is 2.02. The van der Waals surface area contributed by atoms with Crippen LogP contribution in [-0.2, 0) is 4.79 Å². The molecule has 1 aromatic carbocycles. The number of aliphatic hydroxyl groups excluding tert-OH is 1. The Morgan fingerprint density at radius 1 is 1.31 bits per heavy atom. The Kier molecular flexibility index (Phi) is 5.06. The van der Waals surface area contributed by atoms with Gasteiger partial charge in [-0.1, -0.05) is 12.1 Å². The SMILES string of the molecule is CN1N=C(C(=O)Nc2cnn3ccc(N4CCC[C@@H]4c4cccc(F)c4)nc23)C=CC1O. The highest BCUT2D eigenvalue weighted by molar-refractivity contribution is 6.47. The summed E-state index contributed by atoms with van der Waals surface area (Å²) < 4.78 is 15.4. The molecule has 2 N–H and O–H groups in total. The van der Waals surface area contributed by atoms with Crippen LogP contribution in [0.3, 0.4) is 0 Å². The van der Waals surface area contributed by atoms with Crippen LogP contribution in [-0.4, -0.2) is 56.2 Å². The monoisotopic (exact) mass is 435 g/mol. The average Bonchev–Trinajstić information content (AvgIpc) is 3.43. The molecule has 0 aliphatic carbocycles. The fourth-order valence-electron chi connectivity index (χ4n) is 4.08. The number of hydrogen-bond acceptors (Lipinski definition) is 7. The van der Waals surface area contributed by atoms with Crippen molar-refractivity contribution in [2.45, 2.75) is 25.1 Å². The molecule has 2 atom stereocenters. The Morgan fingerprint density at radius 2 is 2.19 bits per heavy atom. The van der Waals surface area contributed by atoms with Crippen molar-refractivity contribution < 1.29 is 14.3 Å². The number of halogens is 1. The first kappa shape index (κ1) is 20.1. The van der Waals surface area contributed by atoms with Crippen molar-refractivity contribution in [3.63, 3.8) is 0 Å². The van der Waals surface area contributed by atoms with E-state index in [0.717, 1.165) is 30.8 Å². The molecule has 3 aromatic rings. The molecule has 1 unspecified atom stereocenters. The first-order valence-corrected chi connectivity index (χ1v) is 10.3.